The summed E-state index contributed by atoms with van der Waals surface area (Å²) in [7, 11) is 0. The van der Waals surface area contributed by atoms with Crippen LogP contribution in [0.1, 0.15) is 0 Å². The Hall–Kier alpha value is -0.440. The van der Waals surface area contributed by atoms with Crippen molar-refractivity contribution in [1.82, 2.24) is 0 Å². The molecule has 0 radical (unpaired) electrons. The van der Waals surface area contributed by atoms with Gasteiger partial charge in [-0.05, 0) is 12.1 Å². The van der Waals surface area contributed by atoms with E-state index in [0.29, 0.717) is 28.9 Å². The summed E-state index contributed by atoms with van der Waals surface area (Å²) in [6.07, 6.45) is 0. The molecule has 12 heavy (non-hydrogen) atoms. The molecule has 0 aliphatic carbocycles. The first-order valence-corrected chi connectivity index (χ1v) is 4.36. The molecule has 0 amide bonds. The summed E-state index contributed by atoms with van der Waals surface area (Å²) in [5.41, 5.74) is 3.65. The molecule has 0 aliphatic rings. The molecule has 0 heterocycles. The van der Waals surface area contributed by atoms with E-state index in [1.54, 1.807) is 18.2 Å². The van der Waals surface area contributed by atoms with E-state index in [2.05, 4.69) is 5.73 Å². The lowest BCUT2D eigenvalue weighted by molar-refractivity contribution is -0.370. The summed E-state index contributed by atoms with van der Waals surface area (Å²) >= 11 is 11.6. The highest BCUT2D eigenvalue weighted by Crippen LogP contribution is 2.27. The number of rotatable bonds is 3. The quantitative estimate of drug-likeness (QED) is 0.803. The van der Waals surface area contributed by atoms with Crippen LogP contribution in [-0.4, -0.2) is 13.2 Å². The van der Waals surface area contributed by atoms with Crippen LogP contribution in [0.2, 0.25) is 10.0 Å². The van der Waals surface area contributed by atoms with Crippen LogP contribution < -0.4 is 10.5 Å². The van der Waals surface area contributed by atoms with Crippen molar-refractivity contribution in [2.45, 2.75) is 0 Å². The number of ether oxygens (including phenoxy) is 1. The molecular weight excluding hydrogens is 197 g/mol. The Kier molecular flexibility index (Phi) is 3.66. The minimum atomic E-state index is 0.556. The van der Waals surface area contributed by atoms with Crippen LogP contribution in [0, 0.1) is 0 Å². The summed E-state index contributed by atoms with van der Waals surface area (Å²) in [4.78, 5) is 0. The maximum Gasteiger partial charge on any atom is 0.139 e. The number of hydrogen-bond donors (Lipinski definition) is 1. The molecule has 1 aromatic rings. The smallest absolute Gasteiger partial charge is 0.139 e. The molecule has 0 unspecified atom stereocenters. The summed E-state index contributed by atoms with van der Waals surface area (Å²) in [5, 5.41) is 1.20. The number of benzene rings is 1. The van der Waals surface area contributed by atoms with E-state index in [1.807, 2.05) is 0 Å². The van der Waals surface area contributed by atoms with Gasteiger partial charge in [0.15, 0.2) is 0 Å². The van der Waals surface area contributed by atoms with Gasteiger partial charge in [0.2, 0.25) is 0 Å². The van der Waals surface area contributed by atoms with E-state index in [1.165, 1.54) is 0 Å². The SMILES string of the molecule is [NH3+]CCOc1cc(Cl)ccc1Cl. The fourth-order valence-corrected chi connectivity index (χ4v) is 1.10. The Bertz CT molecular complexity index is 265. The zero-order valence-corrected chi connectivity index (χ0v) is 8.03. The Balaban J connectivity index is 2.75. The fraction of sp³-hybridized carbons (Fsp3) is 0.250. The molecule has 0 spiro atoms. The normalized spacial score (nSPS) is 9.92. The summed E-state index contributed by atoms with van der Waals surface area (Å²) in [5.74, 6) is 0.618. The third-order valence-corrected chi connectivity index (χ3v) is 1.84. The van der Waals surface area contributed by atoms with Crippen molar-refractivity contribution in [3.8, 4) is 5.75 Å². The van der Waals surface area contributed by atoms with Gasteiger partial charge in [0.05, 0.1) is 5.02 Å². The van der Waals surface area contributed by atoms with Crippen molar-refractivity contribution >= 4 is 23.2 Å². The lowest BCUT2D eigenvalue weighted by Crippen LogP contribution is -2.52. The Morgan fingerprint density at radius 1 is 1.33 bits per heavy atom. The molecular formula is C8H10Cl2NO+. The second-order valence-electron chi connectivity index (χ2n) is 2.28. The standard InChI is InChI=1S/C8H9Cl2NO/c9-6-1-2-7(10)8(5-6)12-4-3-11/h1-2,5H,3-4,11H2/p+1. The summed E-state index contributed by atoms with van der Waals surface area (Å²) < 4.78 is 5.29. The van der Waals surface area contributed by atoms with Gasteiger partial charge >= 0.3 is 0 Å². The molecule has 0 bridgehead atoms. The Morgan fingerprint density at radius 2 is 2.08 bits per heavy atom. The molecule has 4 heteroatoms. The van der Waals surface area contributed by atoms with Crippen molar-refractivity contribution in [3.63, 3.8) is 0 Å². The minimum Gasteiger partial charge on any atom is -0.486 e. The first-order chi connectivity index (χ1) is 5.74. The second-order valence-corrected chi connectivity index (χ2v) is 3.12. The monoisotopic (exact) mass is 206 g/mol. The van der Waals surface area contributed by atoms with Gasteiger partial charge in [-0.15, -0.1) is 0 Å². The van der Waals surface area contributed by atoms with Crippen LogP contribution in [0.5, 0.6) is 5.75 Å². The van der Waals surface area contributed by atoms with E-state index in [-0.39, 0.29) is 0 Å². The summed E-state index contributed by atoms with van der Waals surface area (Å²) in [6, 6.07) is 5.13. The zero-order valence-electron chi connectivity index (χ0n) is 6.52. The van der Waals surface area contributed by atoms with Crippen molar-refractivity contribution in [2.24, 2.45) is 0 Å². The highest BCUT2D eigenvalue weighted by Gasteiger charge is 2.01. The molecule has 1 rings (SSSR count). The molecule has 3 N–H and O–H groups in total. The Morgan fingerprint density at radius 3 is 2.75 bits per heavy atom. The van der Waals surface area contributed by atoms with Crippen LogP contribution in [0.15, 0.2) is 18.2 Å². The van der Waals surface area contributed by atoms with Gasteiger partial charge in [0, 0.05) is 11.1 Å². The molecule has 0 fully saturated rings. The van der Waals surface area contributed by atoms with Crippen LogP contribution in [0.4, 0.5) is 0 Å². The first kappa shape index (κ1) is 9.65. The molecule has 1 aromatic carbocycles. The molecule has 0 saturated heterocycles. The van der Waals surface area contributed by atoms with E-state index in [0.717, 1.165) is 0 Å². The Labute approximate surface area is 81.2 Å². The summed E-state index contributed by atoms with van der Waals surface area (Å²) in [6.45, 7) is 1.27. The lowest BCUT2D eigenvalue weighted by atomic mass is 10.3. The number of hydrogen-bond acceptors (Lipinski definition) is 1. The van der Waals surface area contributed by atoms with Gasteiger partial charge in [-0.2, -0.15) is 0 Å². The van der Waals surface area contributed by atoms with Crippen molar-refractivity contribution < 1.29 is 10.5 Å². The average molecular weight is 207 g/mol. The molecule has 66 valence electrons. The number of quaternary nitrogens is 1. The molecule has 2 nitrogen and oxygen atoms in total. The van der Waals surface area contributed by atoms with Crippen LogP contribution in [0.3, 0.4) is 0 Å². The van der Waals surface area contributed by atoms with Gasteiger partial charge in [0.1, 0.15) is 18.9 Å². The number of halogens is 2. The largest absolute Gasteiger partial charge is 0.486 e. The maximum absolute atomic E-state index is 5.83. The highest BCUT2D eigenvalue weighted by molar-refractivity contribution is 6.34. The van der Waals surface area contributed by atoms with Gasteiger partial charge in [0.25, 0.3) is 0 Å². The lowest BCUT2D eigenvalue weighted by Gasteiger charge is -2.05. The van der Waals surface area contributed by atoms with E-state index in [9.17, 15) is 0 Å². The first-order valence-electron chi connectivity index (χ1n) is 3.61. The fourth-order valence-electron chi connectivity index (χ4n) is 0.770. The molecule has 0 aliphatic heterocycles. The second kappa shape index (κ2) is 4.55. The molecule has 0 atom stereocenters. The van der Waals surface area contributed by atoms with E-state index >= 15 is 0 Å². The van der Waals surface area contributed by atoms with Crippen LogP contribution >= 0.6 is 23.2 Å². The van der Waals surface area contributed by atoms with Gasteiger partial charge < -0.3 is 10.5 Å². The third-order valence-electron chi connectivity index (χ3n) is 1.30. The minimum absolute atomic E-state index is 0.556. The van der Waals surface area contributed by atoms with Crippen LogP contribution in [-0.2, 0) is 0 Å². The van der Waals surface area contributed by atoms with Crippen molar-refractivity contribution in [3.05, 3.63) is 28.2 Å². The van der Waals surface area contributed by atoms with E-state index < -0.39 is 0 Å². The molecule has 0 aromatic heterocycles. The van der Waals surface area contributed by atoms with Gasteiger partial charge in [-0.1, -0.05) is 23.2 Å². The topological polar surface area (TPSA) is 36.9 Å². The van der Waals surface area contributed by atoms with Gasteiger partial charge in [-0.3, -0.25) is 0 Å². The van der Waals surface area contributed by atoms with E-state index in [4.69, 9.17) is 27.9 Å². The van der Waals surface area contributed by atoms with Crippen molar-refractivity contribution in [2.75, 3.05) is 13.2 Å². The highest BCUT2D eigenvalue weighted by atomic mass is 35.5. The van der Waals surface area contributed by atoms with Crippen molar-refractivity contribution in [1.29, 1.82) is 0 Å². The predicted molar refractivity (Wildman–Crippen MR) is 49.7 cm³/mol. The molecule has 0 saturated carbocycles. The third kappa shape index (κ3) is 2.55. The average Bonchev–Trinajstić information content (AvgIpc) is 2.07. The maximum atomic E-state index is 5.83. The van der Waals surface area contributed by atoms with Gasteiger partial charge in [-0.25, -0.2) is 0 Å². The predicted octanol–water partition coefficient (Wildman–Crippen LogP) is 1.61. The zero-order chi connectivity index (χ0) is 8.97. The van der Waals surface area contributed by atoms with Crippen LogP contribution in [0.25, 0.3) is 0 Å².